The van der Waals surface area contributed by atoms with Crippen molar-refractivity contribution in [1.82, 2.24) is 10.3 Å². The van der Waals surface area contributed by atoms with E-state index in [1.807, 2.05) is 30.3 Å². The van der Waals surface area contributed by atoms with Gasteiger partial charge in [0.05, 0.1) is 0 Å². The summed E-state index contributed by atoms with van der Waals surface area (Å²) in [7, 11) is 0. The van der Waals surface area contributed by atoms with Crippen molar-refractivity contribution >= 4 is 16.7 Å². The fourth-order valence-electron chi connectivity index (χ4n) is 4.30. The maximum atomic E-state index is 12.7. The van der Waals surface area contributed by atoms with E-state index in [0.29, 0.717) is 6.42 Å². The number of H-pyrrole nitrogens is 1. The summed E-state index contributed by atoms with van der Waals surface area (Å²) in [6.45, 7) is 0. The highest BCUT2D eigenvalue weighted by Crippen LogP contribution is 2.37. The van der Waals surface area contributed by atoms with E-state index in [4.69, 9.17) is 0 Å². The molecule has 4 aromatic rings. The molecule has 3 nitrogen and oxygen atoms in total. The lowest BCUT2D eigenvalue weighted by Crippen LogP contribution is -2.22. The fraction of sp³-hybridized carbons (Fsp3) is 0.160. The number of aromatic amines is 1. The summed E-state index contributed by atoms with van der Waals surface area (Å²) >= 11 is 0. The summed E-state index contributed by atoms with van der Waals surface area (Å²) in [5.41, 5.74) is 5.70. The van der Waals surface area contributed by atoms with Gasteiger partial charge in [-0.1, -0.05) is 72.8 Å². The van der Waals surface area contributed by atoms with E-state index in [9.17, 15) is 4.79 Å². The molecule has 3 aromatic carbocycles. The quantitative estimate of drug-likeness (QED) is 0.467. The van der Waals surface area contributed by atoms with Gasteiger partial charge in [0.15, 0.2) is 5.78 Å². The van der Waals surface area contributed by atoms with Gasteiger partial charge in [-0.05, 0) is 28.6 Å². The molecule has 1 aromatic heterocycles. The van der Waals surface area contributed by atoms with Crippen LogP contribution in [0.2, 0.25) is 0 Å². The Balaban J connectivity index is 1.39. The van der Waals surface area contributed by atoms with Crippen LogP contribution in [0.4, 0.5) is 0 Å². The Morgan fingerprint density at radius 1 is 0.786 bits per heavy atom. The highest BCUT2D eigenvalue weighted by atomic mass is 16.1. The topological polar surface area (TPSA) is 44.9 Å². The predicted octanol–water partition coefficient (Wildman–Crippen LogP) is 5.37. The molecular weight excluding hydrogens is 344 g/mol. The average Bonchev–Trinajstić information content (AvgIpc) is 3.30. The van der Waals surface area contributed by atoms with Gasteiger partial charge in [0.2, 0.25) is 0 Å². The number of nitrogens with one attached hydrogen (secondary N) is 2. The third-order valence-corrected chi connectivity index (χ3v) is 5.64. The van der Waals surface area contributed by atoms with Crippen molar-refractivity contribution in [3.63, 3.8) is 0 Å². The van der Waals surface area contributed by atoms with Crippen LogP contribution >= 0.6 is 0 Å². The van der Waals surface area contributed by atoms with Gasteiger partial charge in [-0.3, -0.25) is 4.79 Å². The molecule has 138 valence electrons. The van der Waals surface area contributed by atoms with E-state index in [1.54, 1.807) is 0 Å². The zero-order valence-electron chi connectivity index (χ0n) is 15.6. The number of carbonyl (C=O) groups is 1. The Hall–Kier alpha value is -3.17. The predicted molar refractivity (Wildman–Crippen MR) is 112 cm³/mol. The third kappa shape index (κ3) is 3.14. The second-order valence-corrected chi connectivity index (χ2v) is 7.48. The summed E-state index contributed by atoms with van der Waals surface area (Å²) in [5.74, 6) is 0.180. The zero-order valence-corrected chi connectivity index (χ0v) is 15.6. The molecule has 1 aliphatic rings. The monoisotopic (exact) mass is 366 g/mol. The van der Waals surface area contributed by atoms with Crippen molar-refractivity contribution in [2.75, 3.05) is 0 Å². The van der Waals surface area contributed by atoms with Crippen molar-refractivity contribution in [3.8, 4) is 0 Å². The fourth-order valence-corrected chi connectivity index (χ4v) is 4.30. The average molecular weight is 366 g/mol. The van der Waals surface area contributed by atoms with Gasteiger partial charge in [-0.2, -0.15) is 0 Å². The molecule has 5 rings (SSSR count). The molecule has 0 fully saturated rings. The van der Waals surface area contributed by atoms with Gasteiger partial charge >= 0.3 is 0 Å². The molecule has 0 amide bonds. The molecule has 0 spiro atoms. The Labute approximate surface area is 164 Å². The molecule has 1 aliphatic heterocycles. The van der Waals surface area contributed by atoms with Gasteiger partial charge in [-0.25, -0.2) is 0 Å². The number of fused-ring (bicyclic) bond motifs is 2. The summed E-state index contributed by atoms with van der Waals surface area (Å²) in [4.78, 5) is 16.3. The first-order chi connectivity index (χ1) is 13.8. The van der Waals surface area contributed by atoms with Crippen LogP contribution in [-0.2, 0) is 6.42 Å². The summed E-state index contributed by atoms with van der Waals surface area (Å²) in [5, 5.41) is 4.94. The second kappa shape index (κ2) is 7.10. The standard InChI is InChI=1S/C25H22N2O/c28-25(17-8-2-1-3-9-17)16-24-21-12-6-5-11-20(21)23(27-24)15-19-14-18-10-4-7-13-22(18)26-19/h1-14,23-24,26-27H,15-16H2. The van der Waals surface area contributed by atoms with Crippen LogP contribution in [0.25, 0.3) is 10.9 Å². The highest BCUT2D eigenvalue weighted by molar-refractivity contribution is 5.96. The van der Waals surface area contributed by atoms with Crippen molar-refractivity contribution in [2.24, 2.45) is 0 Å². The summed E-state index contributed by atoms with van der Waals surface area (Å²) in [6.07, 6.45) is 1.35. The molecule has 3 heteroatoms. The number of aromatic nitrogens is 1. The van der Waals surface area contributed by atoms with Crippen LogP contribution in [0.1, 0.15) is 45.7 Å². The minimum atomic E-state index is 0.0540. The molecule has 0 bridgehead atoms. The van der Waals surface area contributed by atoms with Crippen LogP contribution in [0.3, 0.4) is 0 Å². The number of para-hydroxylation sites is 1. The van der Waals surface area contributed by atoms with Crippen molar-refractivity contribution < 1.29 is 4.79 Å². The molecule has 0 aliphatic carbocycles. The van der Waals surface area contributed by atoms with E-state index < -0.39 is 0 Å². The van der Waals surface area contributed by atoms with Crippen molar-refractivity contribution in [3.05, 3.63) is 107 Å². The van der Waals surface area contributed by atoms with Gasteiger partial charge in [0.25, 0.3) is 0 Å². The number of rotatable bonds is 5. The number of hydrogen-bond donors (Lipinski definition) is 2. The number of Topliss-reactive ketones (excluding diaryl/α,β-unsaturated/α-hetero) is 1. The van der Waals surface area contributed by atoms with Crippen LogP contribution in [0.5, 0.6) is 0 Å². The van der Waals surface area contributed by atoms with E-state index >= 15 is 0 Å². The molecule has 2 atom stereocenters. The van der Waals surface area contributed by atoms with Crippen molar-refractivity contribution in [2.45, 2.75) is 24.9 Å². The molecule has 2 N–H and O–H groups in total. The minimum Gasteiger partial charge on any atom is -0.358 e. The van der Waals surface area contributed by atoms with Gasteiger partial charge in [0.1, 0.15) is 0 Å². The number of ketones is 1. The Morgan fingerprint density at radius 3 is 2.25 bits per heavy atom. The van der Waals surface area contributed by atoms with Crippen LogP contribution < -0.4 is 5.32 Å². The van der Waals surface area contributed by atoms with Crippen LogP contribution in [0.15, 0.2) is 84.9 Å². The molecule has 28 heavy (non-hydrogen) atoms. The second-order valence-electron chi connectivity index (χ2n) is 7.48. The molecule has 0 radical (unpaired) electrons. The lowest BCUT2D eigenvalue weighted by molar-refractivity contribution is 0.0969. The van der Waals surface area contributed by atoms with Gasteiger partial charge in [0, 0.05) is 41.7 Å². The maximum absolute atomic E-state index is 12.7. The molecule has 2 heterocycles. The SMILES string of the molecule is O=C(CC1NC(Cc2cc3ccccc3[nH]2)c2ccccc21)c1ccccc1. The Morgan fingerprint density at radius 2 is 1.46 bits per heavy atom. The normalized spacial score (nSPS) is 18.3. The lowest BCUT2D eigenvalue weighted by atomic mass is 9.96. The molecule has 0 saturated carbocycles. The van der Waals surface area contributed by atoms with Crippen molar-refractivity contribution in [1.29, 1.82) is 0 Å². The zero-order chi connectivity index (χ0) is 18.9. The van der Waals surface area contributed by atoms with Crippen LogP contribution in [-0.4, -0.2) is 10.8 Å². The summed E-state index contributed by atoms with van der Waals surface area (Å²) < 4.78 is 0. The maximum Gasteiger partial charge on any atom is 0.164 e. The first-order valence-electron chi connectivity index (χ1n) is 9.78. The van der Waals surface area contributed by atoms with E-state index in [2.05, 4.69) is 64.9 Å². The Bertz CT molecular complexity index is 1100. The first kappa shape index (κ1) is 17.0. The molecule has 2 unspecified atom stereocenters. The van der Waals surface area contributed by atoms with Gasteiger partial charge in [-0.15, -0.1) is 0 Å². The number of hydrogen-bond acceptors (Lipinski definition) is 2. The van der Waals surface area contributed by atoms with Crippen LogP contribution in [0, 0.1) is 0 Å². The number of carbonyl (C=O) groups excluding carboxylic acids is 1. The molecular formula is C25H22N2O. The van der Waals surface area contributed by atoms with E-state index in [0.717, 1.165) is 12.0 Å². The smallest absolute Gasteiger partial charge is 0.164 e. The summed E-state index contributed by atoms with van der Waals surface area (Å²) in [6, 6.07) is 28.9. The highest BCUT2D eigenvalue weighted by Gasteiger charge is 2.31. The third-order valence-electron chi connectivity index (χ3n) is 5.64. The number of benzene rings is 3. The first-order valence-corrected chi connectivity index (χ1v) is 9.78. The lowest BCUT2D eigenvalue weighted by Gasteiger charge is -2.14. The minimum absolute atomic E-state index is 0.0540. The Kier molecular flexibility index (Phi) is 4.30. The van der Waals surface area contributed by atoms with E-state index in [1.165, 1.54) is 27.7 Å². The van der Waals surface area contributed by atoms with Gasteiger partial charge < -0.3 is 10.3 Å². The largest absolute Gasteiger partial charge is 0.358 e. The molecule has 0 saturated heterocycles. The van der Waals surface area contributed by atoms with E-state index in [-0.39, 0.29) is 17.9 Å².